The molecule has 0 amide bonds. The highest BCUT2D eigenvalue weighted by atomic mass is 15.1. The lowest BCUT2D eigenvalue weighted by atomic mass is 10.1. The molecule has 86 valence electrons. The highest BCUT2D eigenvalue weighted by Crippen LogP contribution is 2.17. The Kier molecular flexibility index (Phi) is 3.55. The standard InChI is InChI=1S/C15H16N2/c1-3-13-6-4-5-7-14(13)12-17(2)15-8-10-16-11-9-15/h3-11H,1,12H2,2H3. The van der Waals surface area contributed by atoms with Crippen LogP contribution in [0.25, 0.3) is 6.08 Å². The fourth-order valence-corrected chi connectivity index (χ4v) is 1.82. The molecule has 1 aromatic carbocycles. The van der Waals surface area contributed by atoms with Gasteiger partial charge in [-0.2, -0.15) is 0 Å². The molecule has 17 heavy (non-hydrogen) atoms. The third kappa shape index (κ3) is 2.72. The number of nitrogens with zero attached hydrogens (tertiary/aromatic N) is 2. The number of pyridine rings is 1. The summed E-state index contributed by atoms with van der Waals surface area (Å²) in [6, 6.07) is 12.3. The van der Waals surface area contributed by atoms with E-state index in [1.807, 2.05) is 36.7 Å². The van der Waals surface area contributed by atoms with Gasteiger partial charge in [-0.05, 0) is 23.3 Å². The fraction of sp³-hybridized carbons (Fsp3) is 0.133. The van der Waals surface area contributed by atoms with Crippen molar-refractivity contribution < 1.29 is 0 Å². The lowest BCUT2D eigenvalue weighted by Crippen LogP contribution is -2.16. The van der Waals surface area contributed by atoms with Crippen LogP contribution in [0, 0.1) is 0 Å². The normalized spacial score (nSPS) is 9.94. The first-order valence-corrected chi connectivity index (χ1v) is 5.63. The number of hydrogen-bond donors (Lipinski definition) is 0. The number of hydrogen-bond acceptors (Lipinski definition) is 2. The Bertz CT molecular complexity index is 491. The fourth-order valence-electron chi connectivity index (χ4n) is 1.82. The lowest BCUT2D eigenvalue weighted by Gasteiger charge is -2.20. The average molecular weight is 224 g/mol. The maximum Gasteiger partial charge on any atom is 0.0432 e. The van der Waals surface area contributed by atoms with Gasteiger partial charge in [-0.3, -0.25) is 4.98 Å². The summed E-state index contributed by atoms with van der Waals surface area (Å²) < 4.78 is 0. The van der Waals surface area contributed by atoms with Crippen molar-refractivity contribution in [3.63, 3.8) is 0 Å². The smallest absolute Gasteiger partial charge is 0.0432 e. The third-order valence-corrected chi connectivity index (χ3v) is 2.79. The molecule has 2 aromatic rings. The molecule has 0 unspecified atom stereocenters. The monoisotopic (exact) mass is 224 g/mol. The van der Waals surface area contributed by atoms with Gasteiger partial charge in [-0.15, -0.1) is 0 Å². The van der Waals surface area contributed by atoms with Crippen molar-refractivity contribution in [2.45, 2.75) is 6.54 Å². The zero-order valence-electron chi connectivity index (χ0n) is 10.0. The first kappa shape index (κ1) is 11.4. The van der Waals surface area contributed by atoms with Crippen LogP contribution in [0.5, 0.6) is 0 Å². The van der Waals surface area contributed by atoms with E-state index < -0.39 is 0 Å². The molecule has 0 fully saturated rings. The van der Waals surface area contributed by atoms with Crippen LogP contribution in [0.2, 0.25) is 0 Å². The molecule has 1 heterocycles. The summed E-state index contributed by atoms with van der Waals surface area (Å²) in [5.41, 5.74) is 3.63. The molecule has 0 aliphatic heterocycles. The van der Waals surface area contributed by atoms with E-state index in [9.17, 15) is 0 Å². The van der Waals surface area contributed by atoms with Crippen LogP contribution in [0.3, 0.4) is 0 Å². The Balaban J connectivity index is 2.18. The summed E-state index contributed by atoms with van der Waals surface area (Å²) in [5.74, 6) is 0. The van der Waals surface area contributed by atoms with Crippen LogP contribution in [0.1, 0.15) is 11.1 Å². The van der Waals surface area contributed by atoms with E-state index in [-0.39, 0.29) is 0 Å². The minimum Gasteiger partial charge on any atom is -0.370 e. The molecule has 0 bridgehead atoms. The summed E-state index contributed by atoms with van der Waals surface area (Å²) in [5, 5.41) is 0. The first-order valence-electron chi connectivity index (χ1n) is 5.63. The largest absolute Gasteiger partial charge is 0.370 e. The van der Waals surface area contributed by atoms with Gasteiger partial charge >= 0.3 is 0 Å². The minimum atomic E-state index is 0.867. The van der Waals surface area contributed by atoms with Gasteiger partial charge in [0.2, 0.25) is 0 Å². The summed E-state index contributed by atoms with van der Waals surface area (Å²) in [4.78, 5) is 6.22. The molecular weight excluding hydrogens is 208 g/mol. The molecule has 0 aliphatic carbocycles. The summed E-state index contributed by atoms with van der Waals surface area (Å²) in [6.45, 7) is 4.71. The average Bonchev–Trinajstić information content (AvgIpc) is 2.40. The number of anilines is 1. The van der Waals surface area contributed by atoms with Crippen molar-refractivity contribution in [3.05, 3.63) is 66.5 Å². The molecule has 0 spiro atoms. The number of benzene rings is 1. The van der Waals surface area contributed by atoms with Crippen molar-refractivity contribution in [1.29, 1.82) is 0 Å². The Labute approximate surface area is 102 Å². The molecule has 1 aromatic heterocycles. The van der Waals surface area contributed by atoms with E-state index in [2.05, 4.69) is 41.7 Å². The molecule has 0 atom stereocenters. The first-order chi connectivity index (χ1) is 8.31. The van der Waals surface area contributed by atoms with E-state index in [1.165, 1.54) is 16.8 Å². The summed E-state index contributed by atoms with van der Waals surface area (Å²) in [6.07, 6.45) is 5.52. The highest BCUT2D eigenvalue weighted by Gasteiger charge is 2.03. The third-order valence-electron chi connectivity index (χ3n) is 2.79. The van der Waals surface area contributed by atoms with Gasteiger partial charge in [0, 0.05) is 31.7 Å². The number of aromatic nitrogens is 1. The van der Waals surface area contributed by atoms with Gasteiger partial charge in [-0.25, -0.2) is 0 Å². The van der Waals surface area contributed by atoms with Gasteiger partial charge in [-0.1, -0.05) is 36.9 Å². The summed E-state index contributed by atoms with van der Waals surface area (Å²) >= 11 is 0. The Morgan fingerprint density at radius 1 is 1.18 bits per heavy atom. The SMILES string of the molecule is C=Cc1ccccc1CN(C)c1ccncc1. The predicted molar refractivity (Wildman–Crippen MR) is 72.9 cm³/mol. The second-order valence-corrected chi connectivity index (χ2v) is 3.96. The van der Waals surface area contributed by atoms with Crippen molar-refractivity contribution >= 4 is 11.8 Å². The maximum absolute atomic E-state index is 4.03. The van der Waals surface area contributed by atoms with Crippen molar-refractivity contribution in [3.8, 4) is 0 Å². The van der Waals surface area contributed by atoms with Gasteiger partial charge in [0.1, 0.15) is 0 Å². The van der Waals surface area contributed by atoms with E-state index in [0.717, 1.165) is 6.54 Å². The van der Waals surface area contributed by atoms with Crippen LogP contribution in [0.15, 0.2) is 55.4 Å². The van der Waals surface area contributed by atoms with E-state index in [4.69, 9.17) is 0 Å². The molecule has 0 saturated carbocycles. The lowest BCUT2D eigenvalue weighted by molar-refractivity contribution is 0.918. The molecule has 2 rings (SSSR count). The van der Waals surface area contributed by atoms with Crippen LogP contribution in [-0.4, -0.2) is 12.0 Å². The van der Waals surface area contributed by atoms with Gasteiger partial charge < -0.3 is 4.90 Å². The molecular formula is C15H16N2. The second kappa shape index (κ2) is 5.30. The maximum atomic E-state index is 4.03. The molecule has 0 saturated heterocycles. The number of rotatable bonds is 4. The second-order valence-electron chi connectivity index (χ2n) is 3.96. The molecule has 2 nitrogen and oxygen atoms in total. The Morgan fingerprint density at radius 3 is 2.59 bits per heavy atom. The molecule has 2 heteroatoms. The van der Waals surface area contributed by atoms with Gasteiger partial charge in [0.25, 0.3) is 0 Å². The van der Waals surface area contributed by atoms with Gasteiger partial charge in [0.05, 0.1) is 0 Å². The van der Waals surface area contributed by atoms with Crippen molar-refractivity contribution in [2.24, 2.45) is 0 Å². The minimum absolute atomic E-state index is 0.867. The van der Waals surface area contributed by atoms with Crippen molar-refractivity contribution in [2.75, 3.05) is 11.9 Å². The predicted octanol–water partition coefficient (Wildman–Crippen LogP) is 3.36. The van der Waals surface area contributed by atoms with Crippen LogP contribution in [0.4, 0.5) is 5.69 Å². The highest BCUT2D eigenvalue weighted by molar-refractivity contribution is 5.53. The molecule has 0 aliphatic rings. The van der Waals surface area contributed by atoms with Crippen LogP contribution < -0.4 is 4.90 Å². The quantitative estimate of drug-likeness (QED) is 0.791. The van der Waals surface area contributed by atoms with E-state index in [1.54, 1.807) is 0 Å². The van der Waals surface area contributed by atoms with Gasteiger partial charge in [0.15, 0.2) is 0 Å². The topological polar surface area (TPSA) is 16.1 Å². The molecule has 0 N–H and O–H groups in total. The van der Waals surface area contributed by atoms with Crippen molar-refractivity contribution in [1.82, 2.24) is 4.98 Å². The Morgan fingerprint density at radius 2 is 1.88 bits per heavy atom. The summed E-state index contributed by atoms with van der Waals surface area (Å²) in [7, 11) is 2.08. The zero-order chi connectivity index (χ0) is 12.1. The zero-order valence-corrected chi connectivity index (χ0v) is 10.0. The van der Waals surface area contributed by atoms with E-state index >= 15 is 0 Å². The Hall–Kier alpha value is -2.09. The van der Waals surface area contributed by atoms with Crippen LogP contribution >= 0.6 is 0 Å². The van der Waals surface area contributed by atoms with E-state index in [0.29, 0.717) is 0 Å². The van der Waals surface area contributed by atoms with Crippen LogP contribution in [-0.2, 0) is 6.54 Å². The molecule has 0 radical (unpaired) electrons.